The van der Waals surface area contributed by atoms with Crippen LogP contribution in [0.4, 0.5) is 34.3 Å². The molecule has 0 fully saturated rings. The van der Waals surface area contributed by atoms with Gasteiger partial charge in [0.25, 0.3) is 0 Å². The normalized spacial score (nSPS) is 12.8. The smallest absolute Gasteiger partial charge is 0.310 e. The Morgan fingerprint density at radius 1 is 0.391 bits per heavy atom. The van der Waals surface area contributed by atoms with E-state index < -0.39 is 5.41 Å². The summed E-state index contributed by atoms with van der Waals surface area (Å²) in [6.45, 7) is 2.18. The quantitative estimate of drug-likeness (QED) is 0.128. The van der Waals surface area contributed by atoms with Crippen molar-refractivity contribution in [3.8, 4) is 67.4 Å². The summed E-state index contributed by atoms with van der Waals surface area (Å²) in [6.07, 6.45) is 2.03. The molecule has 6 nitrogen and oxygen atoms in total. The van der Waals surface area contributed by atoms with Crippen molar-refractivity contribution >= 4 is 45.3 Å². The number of benzene rings is 12. The molecule has 0 amide bonds. The standard InChI is InChI=1S/C80H53N5O.Pt/c1-55-50-78(81-53-67(55)60-46-44-57(45-47-60)56-24-6-2-7-25-56)85-74-41-19-16-38-70(74)80(68-36-14-17-39-72(68)84(61-30-12-5-13-31-61)73-40-18-15-37-69(73)80)71-49-48-64(52-77(71)85)86-63-33-22-32-62(51-63)82-54-83(76-43-21-20-42-75(76)82)79-65(58-26-8-3-9-27-58)34-23-35-66(79)59-28-10-4-11-29-59;/h2-50,53H,1H3;/q-2;. The summed E-state index contributed by atoms with van der Waals surface area (Å²) < 4.78 is 12.8. The number of para-hydroxylation sites is 7. The molecule has 2 aliphatic rings. The summed E-state index contributed by atoms with van der Waals surface area (Å²) >= 11 is 2.49. The zero-order valence-electron chi connectivity index (χ0n) is 47.3. The number of ether oxygens (including phenoxy) is 1. The first-order valence-electron chi connectivity index (χ1n) is 29.3. The number of rotatable bonds is 10. The van der Waals surface area contributed by atoms with Crippen molar-refractivity contribution in [2.45, 2.75) is 12.3 Å². The number of nitrogens with zero attached hydrogens (tertiary/aromatic N) is 5. The van der Waals surface area contributed by atoms with Crippen LogP contribution in [-0.4, -0.2) is 14.1 Å². The molecule has 0 N–H and O–H groups in total. The molecule has 87 heavy (non-hydrogen) atoms. The summed E-state index contributed by atoms with van der Waals surface area (Å²) in [5.74, 6) is 1.88. The summed E-state index contributed by atoms with van der Waals surface area (Å²) in [5, 5.41) is 0. The predicted octanol–water partition coefficient (Wildman–Crippen LogP) is 20.2. The third-order valence-corrected chi connectivity index (χ3v) is 18.2. The average Bonchev–Trinajstić information content (AvgIpc) is 1.19. The predicted molar refractivity (Wildman–Crippen MR) is 349 cm³/mol. The SMILES string of the molecule is Cc1cc(N2c3[c-]c(Oc4[c-]c(-n5[c](=[Pt])n(-c6c(-c7ccccc7)cccc6-c6ccccc6)c6ccccc65)ccc4)ccc3C3(c4ccccc42)c2ccccc2N(c2ccccc2)c2ccccc23)ncc1-c1ccc(-c2ccccc2)cc1. The summed E-state index contributed by atoms with van der Waals surface area (Å²) in [5.41, 5.74) is 23.1. The van der Waals surface area contributed by atoms with Crippen molar-refractivity contribution < 1.29 is 24.1 Å². The third kappa shape index (κ3) is 8.58. The van der Waals surface area contributed by atoms with Gasteiger partial charge in [-0.2, -0.15) is 0 Å². The number of pyridine rings is 1. The van der Waals surface area contributed by atoms with E-state index in [1.54, 1.807) is 0 Å². The Hall–Kier alpha value is -10.7. The van der Waals surface area contributed by atoms with Crippen molar-refractivity contribution in [2.24, 2.45) is 0 Å². The first kappa shape index (κ1) is 51.9. The Balaban J connectivity index is 0.860. The Morgan fingerprint density at radius 3 is 1.46 bits per heavy atom. The summed E-state index contributed by atoms with van der Waals surface area (Å²) in [6, 6.07) is 114. The van der Waals surface area contributed by atoms with Crippen LogP contribution in [0.15, 0.2) is 303 Å². The van der Waals surface area contributed by atoms with Gasteiger partial charge in [0.1, 0.15) is 0 Å². The first-order valence-corrected chi connectivity index (χ1v) is 30.4. The van der Waals surface area contributed by atoms with E-state index in [0.29, 0.717) is 11.5 Å². The van der Waals surface area contributed by atoms with Crippen molar-refractivity contribution in [2.75, 3.05) is 9.80 Å². The van der Waals surface area contributed by atoms with Gasteiger partial charge in [0.05, 0.1) is 0 Å². The molecule has 12 aromatic carbocycles. The van der Waals surface area contributed by atoms with Crippen molar-refractivity contribution in [1.29, 1.82) is 0 Å². The van der Waals surface area contributed by atoms with E-state index >= 15 is 0 Å². The van der Waals surface area contributed by atoms with Crippen LogP contribution in [0.2, 0.25) is 0 Å². The van der Waals surface area contributed by atoms with Gasteiger partial charge in [-0.05, 0) is 53.4 Å². The zero-order chi connectivity index (χ0) is 58.0. The van der Waals surface area contributed by atoms with E-state index in [9.17, 15) is 0 Å². The van der Waals surface area contributed by atoms with Crippen LogP contribution in [0.5, 0.6) is 11.5 Å². The fourth-order valence-electron chi connectivity index (χ4n) is 13.4. The summed E-state index contributed by atoms with van der Waals surface area (Å²) in [7, 11) is 0. The molecule has 0 saturated carbocycles. The van der Waals surface area contributed by atoms with Crippen LogP contribution in [0.1, 0.15) is 27.8 Å². The van der Waals surface area contributed by atoms with Crippen LogP contribution in [0, 0.1) is 22.9 Å². The molecule has 2 aliphatic heterocycles. The van der Waals surface area contributed by atoms with E-state index in [4.69, 9.17) is 9.72 Å². The van der Waals surface area contributed by atoms with Gasteiger partial charge < -0.3 is 4.90 Å². The average molecular weight is 1300 g/mol. The molecular formula is C80H53N5OPt-2. The van der Waals surface area contributed by atoms with Gasteiger partial charge in [0, 0.05) is 28.8 Å². The van der Waals surface area contributed by atoms with Gasteiger partial charge in [-0.15, -0.1) is 0 Å². The number of hydrogen-bond acceptors (Lipinski definition) is 4. The molecular weight excluding hydrogens is 1240 g/mol. The fourth-order valence-corrected chi connectivity index (χ4v) is 14.5. The minimum absolute atomic E-state index is 0.545. The van der Waals surface area contributed by atoms with Crippen molar-refractivity contribution in [3.63, 3.8) is 0 Å². The zero-order valence-corrected chi connectivity index (χ0v) is 49.6. The Morgan fingerprint density at radius 2 is 0.862 bits per heavy atom. The maximum atomic E-state index is 7.12. The molecule has 16 rings (SSSR count). The number of imidazole rings is 1. The molecule has 1 spiro atoms. The molecule has 14 aromatic rings. The third-order valence-electron chi connectivity index (χ3n) is 17.2. The van der Waals surface area contributed by atoms with Crippen LogP contribution in [0.3, 0.4) is 0 Å². The molecule has 2 aromatic heterocycles. The second-order valence-corrected chi connectivity index (χ2v) is 23.0. The van der Waals surface area contributed by atoms with Crippen LogP contribution in [0.25, 0.3) is 66.9 Å². The monoisotopic (exact) mass is 1290 g/mol. The van der Waals surface area contributed by atoms with Crippen LogP contribution < -0.4 is 14.5 Å². The molecule has 0 atom stereocenters. The second-order valence-electron chi connectivity index (χ2n) is 22.0. The number of anilines is 6. The van der Waals surface area contributed by atoms with Gasteiger partial charge in [0.15, 0.2) is 0 Å². The van der Waals surface area contributed by atoms with E-state index in [2.05, 4.69) is 349 Å². The second kappa shape index (κ2) is 21.4. The van der Waals surface area contributed by atoms with E-state index in [1.165, 1.54) is 11.1 Å². The molecule has 4 heterocycles. The molecule has 0 bridgehead atoms. The Kier molecular flexibility index (Phi) is 12.8. The Labute approximate surface area is 516 Å². The van der Waals surface area contributed by atoms with Gasteiger partial charge in [-0.3, -0.25) is 0 Å². The number of hydrogen-bond donors (Lipinski definition) is 0. The van der Waals surface area contributed by atoms with Crippen molar-refractivity contribution in [3.05, 3.63) is 347 Å². The van der Waals surface area contributed by atoms with Gasteiger partial charge in [-0.25, -0.2) is 0 Å². The molecule has 416 valence electrons. The van der Waals surface area contributed by atoms with Crippen LogP contribution >= 0.6 is 0 Å². The minimum Gasteiger partial charge on any atom is -0.310 e. The van der Waals surface area contributed by atoms with Gasteiger partial charge >= 0.3 is 306 Å². The molecule has 0 radical (unpaired) electrons. The van der Waals surface area contributed by atoms with Crippen molar-refractivity contribution in [1.82, 2.24) is 14.1 Å². The van der Waals surface area contributed by atoms with E-state index in [0.717, 1.165) is 122 Å². The minimum atomic E-state index is -0.793. The maximum absolute atomic E-state index is 7.12. The first-order chi connectivity index (χ1) is 43.0. The van der Waals surface area contributed by atoms with E-state index in [-0.39, 0.29) is 0 Å². The number of aryl methyl sites for hydroxylation is 1. The van der Waals surface area contributed by atoms with E-state index in [1.807, 2.05) is 12.3 Å². The van der Waals surface area contributed by atoms with Gasteiger partial charge in [0.2, 0.25) is 0 Å². The number of aromatic nitrogens is 3. The fraction of sp³-hybridized carbons (Fsp3) is 0.0250. The molecule has 0 saturated heterocycles. The molecule has 7 heteroatoms. The Bertz CT molecular complexity index is 4900. The molecule has 0 unspecified atom stereocenters. The topological polar surface area (TPSA) is 38.5 Å². The number of fused-ring (bicyclic) bond motifs is 9. The molecule has 0 aliphatic carbocycles. The van der Waals surface area contributed by atoms with Gasteiger partial charge in [-0.1, -0.05) is 127 Å². The summed E-state index contributed by atoms with van der Waals surface area (Å²) in [4.78, 5) is 10.1. The van der Waals surface area contributed by atoms with Crippen LogP contribution in [-0.2, 0) is 24.8 Å².